The van der Waals surface area contributed by atoms with Crippen molar-refractivity contribution < 1.29 is 24.1 Å². The summed E-state index contributed by atoms with van der Waals surface area (Å²) in [6.07, 6.45) is 3.98. The number of ether oxygens (including phenoxy) is 3. The maximum absolute atomic E-state index is 12.0. The minimum Gasteiger partial charge on any atom is -0.493 e. The highest BCUT2D eigenvalue weighted by atomic mass is 35.5. The van der Waals surface area contributed by atoms with Gasteiger partial charge in [0.2, 0.25) is 5.91 Å². The van der Waals surface area contributed by atoms with Crippen molar-refractivity contribution in [3.05, 3.63) is 83.7 Å². The maximum atomic E-state index is 12.0. The van der Waals surface area contributed by atoms with Crippen LogP contribution >= 0.6 is 11.6 Å². The molecule has 10 nitrogen and oxygen atoms in total. The average molecular weight is 614 g/mol. The number of nitrogens with one attached hydrogen (secondary N) is 1. The average Bonchev–Trinajstić information content (AvgIpc) is 3.01. The van der Waals surface area contributed by atoms with Gasteiger partial charge in [-0.15, -0.1) is 0 Å². The SMILES string of the molecule is C=CC(=O)N1CCC(Oc2cc3c(Nc4cc(Cl)c(Oc5cccc(C#N)c5)cc4C(C)(C)O)ncnc3cc2OC)CC1. The smallest absolute Gasteiger partial charge is 0.245 e. The molecule has 2 N–H and O–H groups in total. The Morgan fingerprint density at radius 3 is 2.61 bits per heavy atom. The molecule has 226 valence electrons. The number of halogens is 1. The van der Waals surface area contributed by atoms with E-state index in [1.807, 2.05) is 6.07 Å². The summed E-state index contributed by atoms with van der Waals surface area (Å²) >= 11 is 6.66. The van der Waals surface area contributed by atoms with Crippen molar-refractivity contribution >= 4 is 39.9 Å². The Kier molecular flexibility index (Phi) is 8.90. The van der Waals surface area contributed by atoms with E-state index in [2.05, 4.69) is 27.9 Å². The largest absolute Gasteiger partial charge is 0.493 e. The summed E-state index contributed by atoms with van der Waals surface area (Å²) in [5.41, 5.74) is 0.792. The second-order valence-electron chi connectivity index (χ2n) is 10.8. The van der Waals surface area contributed by atoms with Crippen LogP contribution in [0.2, 0.25) is 5.02 Å². The van der Waals surface area contributed by atoms with Crippen LogP contribution in [0.3, 0.4) is 0 Å². The third-order valence-corrected chi connectivity index (χ3v) is 7.61. The molecule has 0 saturated carbocycles. The number of benzene rings is 3. The number of amides is 1. The predicted molar refractivity (Wildman–Crippen MR) is 168 cm³/mol. The van der Waals surface area contributed by atoms with Crippen LogP contribution in [0.1, 0.15) is 37.8 Å². The zero-order chi connectivity index (χ0) is 31.4. The lowest BCUT2D eigenvalue weighted by Gasteiger charge is -2.31. The van der Waals surface area contributed by atoms with Crippen LogP contribution in [0.25, 0.3) is 10.9 Å². The Morgan fingerprint density at radius 1 is 1.16 bits per heavy atom. The van der Waals surface area contributed by atoms with E-state index in [4.69, 9.17) is 25.8 Å². The van der Waals surface area contributed by atoms with E-state index in [1.54, 1.807) is 68.3 Å². The molecule has 0 radical (unpaired) electrons. The number of fused-ring (bicyclic) bond motifs is 1. The van der Waals surface area contributed by atoms with Gasteiger partial charge in [-0.25, -0.2) is 9.97 Å². The number of aliphatic hydroxyl groups is 1. The van der Waals surface area contributed by atoms with Gasteiger partial charge in [0.05, 0.1) is 34.9 Å². The summed E-state index contributed by atoms with van der Waals surface area (Å²) in [7, 11) is 1.57. The third kappa shape index (κ3) is 6.70. The number of methoxy groups -OCH3 is 1. The molecule has 0 aliphatic carbocycles. The first-order chi connectivity index (χ1) is 21.1. The van der Waals surface area contributed by atoms with Crippen LogP contribution in [0.15, 0.2) is 67.5 Å². The Morgan fingerprint density at radius 2 is 1.93 bits per heavy atom. The van der Waals surface area contributed by atoms with Crippen molar-refractivity contribution in [2.75, 3.05) is 25.5 Å². The summed E-state index contributed by atoms with van der Waals surface area (Å²) < 4.78 is 18.0. The number of piperidine rings is 1. The van der Waals surface area contributed by atoms with Gasteiger partial charge < -0.3 is 29.5 Å². The van der Waals surface area contributed by atoms with Gasteiger partial charge in [-0.2, -0.15) is 5.26 Å². The van der Waals surface area contributed by atoms with Crippen molar-refractivity contribution in [2.24, 2.45) is 0 Å². The van der Waals surface area contributed by atoms with Gasteiger partial charge in [-0.3, -0.25) is 4.79 Å². The number of nitrogens with zero attached hydrogens (tertiary/aromatic N) is 4. The molecule has 0 atom stereocenters. The molecule has 0 unspecified atom stereocenters. The molecule has 11 heteroatoms. The molecule has 1 aliphatic heterocycles. The lowest BCUT2D eigenvalue weighted by molar-refractivity contribution is -0.127. The van der Waals surface area contributed by atoms with Crippen LogP contribution < -0.4 is 19.5 Å². The van der Waals surface area contributed by atoms with Crippen molar-refractivity contribution in [3.8, 4) is 29.1 Å². The molecule has 0 bridgehead atoms. The Hall–Kier alpha value is -4.85. The molecule has 1 saturated heterocycles. The topological polar surface area (TPSA) is 130 Å². The van der Waals surface area contributed by atoms with E-state index in [9.17, 15) is 15.2 Å². The summed E-state index contributed by atoms with van der Waals surface area (Å²) in [4.78, 5) is 22.6. The Labute approximate surface area is 260 Å². The zero-order valence-corrected chi connectivity index (χ0v) is 25.4. The molecule has 44 heavy (non-hydrogen) atoms. The van der Waals surface area contributed by atoms with Crippen LogP contribution in [0.5, 0.6) is 23.0 Å². The van der Waals surface area contributed by atoms with Gasteiger partial charge in [0.1, 0.15) is 29.7 Å². The number of aromatic nitrogens is 2. The number of carbonyl (C=O) groups excluding carboxylic acids is 1. The standard InChI is InChI=1S/C33H32ClN5O5/c1-5-31(40)39-11-9-21(10-12-39)43-30-14-23-26(17-29(30)42-4)36-19-37-32(23)38-27-16-25(34)28(15-24(27)33(2,3)41)44-22-8-6-7-20(13-22)18-35/h5-8,13-17,19,21,41H,1,9-12H2,2-4H3,(H,36,37,38). The number of likely N-dealkylation sites (tertiary alicyclic amines) is 1. The molecule has 3 aromatic carbocycles. The van der Waals surface area contributed by atoms with E-state index < -0.39 is 5.60 Å². The van der Waals surface area contributed by atoms with Crippen molar-refractivity contribution in [1.82, 2.24) is 14.9 Å². The van der Waals surface area contributed by atoms with Crippen molar-refractivity contribution in [2.45, 2.75) is 38.4 Å². The Bertz CT molecular complexity index is 1760. The zero-order valence-electron chi connectivity index (χ0n) is 24.6. The first kappa shape index (κ1) is 30.6. The fraction of sp³-hybridized carbons (Fsp3) is 0.273. The minimum atomic E-state index is -1.29. The number of hydrogen-bond acceptors (Lipinski definition) is 9. The monoisotopic (exact) mass is 613 g/mol. The summed E-state index contributed by atoms with van der Waals surface area (Å²) in [5.74, 6) is 2.18. The van der Waals surface area contributed by atoms with Crippen molar-refractivity contribution in [3.63, 3.8) is 0 Å². The van der Waals surface area contributed by atoms with E-state index in [-0.39, 0.29) is 17.0 Å². The van der Waals surface area contributed by atoms with E-state index >= 15 is 0 Å². The molecular weight excluding hydrogens is 582 g/mol. The van der Waals surface area contributed by atoms with Gasteiger partial charge in [-0.05, 0) is 56.3 Å². The normalized spacial score (nSPS) is 13.7. The molecule has 5 rings (SSSR count). The summed E-state index contributed by atoms with van der Waals surface area (Å²) in [5, 5.41) is 24.6. The highest BCUT2D eigenvalue weighted by molar-refractivity contribution is 6.32. The molecule has 1 amide bonds. The van der Waals surface area contributed by atoms with Crippen LogP contribution in [-0.4, -0.2) is 52.2 Å². The molecule has 4 aromatic rings. The van der Waals surface area contributed by atoms with Crippen LogP contribution in [-0.2, 0) is 10.4 Å². The summed E-state index contributed by atoms with van der Waals surface area (Å²) in [6, 6.07) is 15.7. The number of rotatable bonds is 9. The van der Waals surface area contributed by atoms with Crippen LogP contribution in [0, 0.1) is 11.3 Å². The highest BCUT2D eigenvalue weighted by Gasteiger charge is 2.26. The number of nitriles is 1. The van der Waals surface area contributed by atoms with Gasteiger partial charge in [0, 0.05) is 48.6 Å². The van der Waals surface area contributed by atoms with Gasteiger partial charge in [0.15, 0.2) is 11.5 Å². The first-order valence-electron chi connectivity index (χ1n) is 14.0. The minimum absolute atomic E-state index is 0.0853. The lowest BCUT2D eigenvalue weighted by atomic mass is 9.96. The number of carbonyl (C=O) groups is 1. The second kappa shape index (κ2) is 12.8. The fourth-order valence-corrected chi connectivity index (χ4v) is 5.25. The van der Waals surface area contributed by atoms with Gasteiger partial charge in [0.25, 0.3) is 0 Å². The van der Waals surface area contributed by atoms with Gasteiger partial charge >= 0.3 is 0 Å². The second-order valence-corrected chi connectivity index (χ2v) is 11.3. The summed E-state index contributed by atoms with van der Waals surface area (Å²) in [6.45, 7) is 8.03. The number of anilines is 2. The Balaban J connectivity index is 1.47. The van der Waals surface area contributed by atoms with Crippen LogP contribution in [0.4, 0.5) is 11.5 Å². The molecular formula is C33H32ClN5O5. The maximum Gasteiger partial charge on any atom is 0.245 e. The molecule has 2 heterocycles. The first-order valence-corrected chi connectivity index (χ1v) is 14.4. The van der Waals surface area contributed by atoms with E-state index in [0.29, 0.717) is 82.5 Å². The molecule has 1 aromatic heterocycles. The van der Waals surface area contributed by atoms with E-state index in [1.165, 1.54) is 12.4 Å². The third-order valence-electron chi connectivity index (χ3n) is 7.32. The lowest BCUT2D eigenvalue weighted by Crippen LogP contribution is -2.41. The molecule has 1 fully saturated rings. The quantitative estimate of drug-likeness (QED) is 0.204. The van der Waals surface area contributed by atoms with Crippen molar-refractivity contribution in [1.29, 1.82) is 5.26 Å². The highest BCUT2D eigenvalue weighted by Crippen LogP contribution is 2.41. The predicted octanol–water partition coefficient (Wildman–Crippen LogP) is 6.48. The fourth-order valence-electron chi connectivity index (χ4n) is 5.04. The van der Waals surface area contributed by atoms with E-state index in [0.717, 1.165) is 0 Å². The van der Waals surface area contributed by atoms with Gasteiger partial charge in [-0.1, -0.05) is 24.2 Å². The molecule has 1 aliphatic rings. The molecule has 0 spiro atoms. The number of hydrogen-bond donors (Lipinski definition) is 2.